The van der Waals surface area contributed by atoms with Crippen LogP contribution in [0.25, 0.3) is 10.9 Å². The number of nitrogens with zero attached hydrogens (tertiary/aromatic N) is 2. The van der Waals surface area contributed by atoms with Crippen LogP contribution in [0.3, 0.4) is 0 Å². The van der Waals surface area contributed by atoms with Crippen LogP contribution in [0.1, 0.15) is 26.2 Å². The molecule has 2 atom stereocenters. The number of piperidine rings is 1. The smallest absolute Gasteiger partial charge is 0.328 e. The van der Waals surface area contributed by atoms with Gasteiger partial charge in [-0.1, -0.05) is 12.1 Å². The molecular formula is C18H21N3O5. The lowest BCUT2D eigenvalue weighted by Gasteiger charge is -2.36. The summed E-state index contributed by atoms with van der Waals surface area (Å²) in [4.78, 5) is 51.7. The van der Waals surface area contributed by atoms with Crippen molar-refractivity contribution in [2.45, 2.75) is 38.8 Å². The number of aryl methyl sites for hydroxylation is 1. The fraction of sp³-hybridized carbons (Fsp3) is 0.444. The number of aromatic amines is 1. The summed E-state index contributed by atoms with van der Waals surface area (Å²) in [5.74, 6) is -1.63. The lowest BCUT2D eigenvalue weighted by molar-refractivity contribution is -0.147. The molecule has 0 aliphatic carbocycles. The van der Waals surface area contributed by atoms with Gasteiger partial charge in [-0.2, -0.15) is 0 Å². The number of carbonyl (C=O) groups is 2. The third-order valence-electron chi connectivity index (χ3n) is 5.01. The molecule has 26 heavy (non-hydrogen) atoms. The van der Waals surface area contributed by atoms with Gasteiger partial charge in [0.1, 0.15) is 0 Å². The van der Waals surface area contributed by atoms with Crippen molar-refractivity contribution in [3.8, 4) is 0 Å². The molecule has 2 aromatic rings. The van der Waals surface area contributed by atoms with E-state index in [1.165, 1.54) is 4.57 Å². The Hall–Kier alpha value is -2.90. The summed E-state index contributed by atoms with van der Waals surface area (Å²) < 4.78 is 1.37. The second kappa shape index (κ2) is 7.15. The van der Waals surface area contributed by atoms with Gasteiger partial charge in [-0.3, -0.25) is 23.9 Å². The Morgan fingerprint density at radius 3 is 2.69 bits per heavy atom. The molecule has 3 rings (SSSR count). The van der Waals surface area contributed by atoms with E-state index in [2.05, 4.69) is 4.98 Å². The number of aromatic nitrogens is 2. The van der Waals surface area contributed by atoms with E-state index in [0.29, 0.717) is 23.7 Å². The molecule has 2 N–H and O–H groups in total. The fourth-order valence-corrected chi connectivity index (χ4v) is 3.47. The number of carboxylic acid groups (broad SMARTS) is 1. The van der Waals surface area contributed by atoms with Gasteiger partial charge in [-0.05, 0) is 31.9 Å². The number of carboxylic acids is 1. The predicted molar refractivity (Wildman–Crippen MR) is 95.0 cm³/mol. The van der Waals surface area contributed by atoms with Gasteiger partial charge in [0.25, 0.3) is 5.56 Å². The lowest BCUT2D eigenvalue weighted by atomic mass is 9.93. The second-order valence-corrected chi connectivity index (χ2v) is 6.69. The first-order valence-electron chi connectivity index (χ1n) is 8.62. The largest absolute Gasteiger partial charge is 0.481 e. The zero-order chi connectivity index (χ0) is 18.8. The maximum Gasteiger partial charge on any atom is 0.328 e. The summed E-state index contributed by atoms with van der Waals surface area (Å²) in [6.45, 7) is 2.21. The molecule has 1 saturated heterocycles. The van der Waals surface area contributed by atoms with Crippen LogP contribution in [0.4, 0.5) is 0 Å². The van der Waals surface area contributed by atoms with Crippen LogP contribution in [0.15, 0.2) is 33.9 Å². The Balaban J connectivity index is 1.80. The maximum atomic E-state index is 12.6. The quantitative estimate of drug-likeness (QED) is 0.838. The molecule has 0 spiro atoms. The number of nitrogens with one attached hydrogen (secondary N) is 1. The zero-order valence-electron chi connectivity index (χ0n) is 14.5. The lowest BCUT2D eigenvalue weighted by Crippen LogP contribution is -2.47. The van der Waals surface area contributed by atoms with Gasteiger partial charge in [0.15, 0.2) is 0 Å². The van der Waals surface area contributed by atoms with E-state index in [0.717, 1.165) is 0 Å². The molecule has 0 radical (unpaired) electrons. The molecule has 2 heterocycles. The SMILES string of the molecule is CC1CCC(C(=O)O)CN1C(=O)CCn1c(=O)[nH]c(=O)c2ccccc21. The van der Waals surface area contributed by atoms with Crippen molar-refractivity contribution < 1.29 is 14.7 Å². The Kier molecular flexibility index (Phi) is 4.92. The van der Waals surface area contributed by atoms with Gasteiger partial charge in [0, 0.05) is 25.6 Å². The number of likely N-dealkylation sites (tertiary alicyclic amines) is 1. The molecule has 1 aliphatic heterocycles. The van der Waals surface area contributed by atoms with Crippen LogP contribution in [0, 0.1) is 5.92 Å². The van der Waals surface area contributed by atoms with Crippen LogP contribution in [-0.2, 0) is 16.1 Å². The van der Waals surface area contributed by atoms with Crippen LogP contribution in [0.5, 0.6) is 0 Å². The van der Waals surface area contributed by atoms with Crippen LogP contribution >= 0.6 is 0 Å². The molecule has 1 aromatic carbocycles. The van der Waals surface area contributed by atoms with E-state index in [1.807, 2.05) is 6.92 Å². The van der Waals surface area contributed by atoms with Crippen molar-refractivity contribution in [3.63, 3.8) is 0 Å². The minimum Gasteiger partial charge on any atom is -0.481 e. The fourth-order valence-electron chi connectivity index (χ4n) is 3.47. The topological polar surface area (TPSA) is 112 Å². The van der Waals surface area contributed by atoms with Crippen LogP contribution in [0.2, 0.25) is 0 Å². The van der Waals surface area contributed by atoms with Gasteiger partial charge in [-0.15, -0.1) is 0 Å². The van der Waals surface area contributed by atoms with Crippen molar-refractivity contribution in [1.82, 2.24) is 14.5 Å². The predicted octanol–water partition coefficient (Wildman–Crippen LogP) is 0.792. The number of fused-ring (bicyclic) bond motifs is 1. The first kappa shape index (κ1) is 17.9. The van der Waals surface area contributed by atoms with E-state index in [4.69, 9.17) is 0 Å². The Morgan fingerprint density at radius 2 is 1.96 bits per heavy atom. The first-order chi connectivity index (χ1) is 12.4. The molecule has 1 amide bonds. The van der Waals surface area contributed by atoms with Gasteiger partial charge in [-0.25, -0.2) is 4.79 Å². The summed E-state index contributed by atoms with van der Waals surface area (Å²) in [6.07, 6.45) is 1.27. The molecule has 1 fully saturated rings. The van der Waals surface area contributed by atoms with Crippen LogP contribution < -0.4 is 11.2 Å². The number of H-pyrrole nitrogens is 1. The van der Waals surface area contributed by atoms with Crippen molar-refractivity contribution in [1.29, 1.82) is 0 Å². The standard InChI is InChI=1S/C18H21N3O5/c1-11-6-7-12(17(24)25)10-21(11)15(22)8-9-20-14-5-3-2-4-13(14)16(23)19-18(20)26/h2-5,11-12H,6-10H2,1H3,(H,24,25)(H,19,23,26). The monoisotopic (exact) mass is 359 g/mol. The highest BCUT2D eigenvalue weighted by atomic mass is 16.4. The molecule has 8 heteroatoms. The highest BCUT2D eigenvalue weighted by molar-refractivity contribution is 5.80. The van der Waals surface area contributed by atoms with E-state index in [1.54, 1.807) is 29.2 Å². The second-order valence-electron chi connectivity index (χ2n) is 6.69. The van der Waals surface area contributed by atoms with Gasteiger partial charge < -0.3 is 10.0 Å². The average Bonchev–Trinajstić information content (AvgIpc) is 2.61. The minimum absolute atomic E-state index is 0.0258. The molecular weight excluding hydrogens is 338 g/mol. The van der Waals surface area contributed by atoms with Gasteiger partial charge in [0.05, 0.1) is 16.8 Å². The van der Waals surface area contributed by atoms with E-state index < -0.39 is 23.1 Å². The summed E-state index contributed by atoms with van der Waals surface area (Å²) in [6, 6.07) is 6.70. The van der Waals surface area contributed by atoms with Crippen molar-refractivity contribution >= 4 is 22.8 Å². The third kappa shape index (κ3) is 3.40. The zero-order valence-corrected chi connectivity index (χ0v) is 14.5. The number of para-hydroxylation sites is 1. The molecule has 138 valence electrons. The normalized spacial score (nSPS) is 20.3. The van der Waals surface area contributed by atoms with Crippen molar-refractivity contribution in [2.24, 2.45) is 5.92 Å². The number of carbonyl (C=O) groups excluding carboxylic acids is 1. The summed E-state index contributed by atoms with van der Waals surface area (Å²) in [5.41, 5.74) is -0.539. The summed E-state index contributed by atoms with van der Waals surface area (Å²) in [5, 5.41) is 9.58. The highest BCUT2D eigenvalue weighted by Gasteiger charge is 2.32. The average molecular weight is 359 g/mol. The summed E-state index contributed by atoms with van der Waals surface area (Å²) >= 11 is 0. The molecule has 2 unspecified atom stereocenters. The Labute approximate surface area is 149 Å². The highest BCUT2D eigenvalue weighted by Crippen LogP contribution is 2.23. The Morgan fingerprint density at radius 1 is 1.23 bits per heavy atom. The van der Waals surface area contributed by atoms with Gasteiger partial charge >= 0.3 is 11.7 Å². The molecule has 1 aliphatic rings. The minimum atomic E-state index is -0.891. The van der Waals surface area contributed by atoms with Crippen molar-refractivity contribution in [2.75, 3.05) is 6.54 Å². The summed E-state index contributed by atoms with van der Waals surface area (Å²) in [7, 11) is 0. The van der Waals surface area contributed by atoms with Crippen LogP contribution in [-0.4, -0.2) is 44.0 Å². The van der Waals surface area contributed by atoms with E-state index in [-0.39, 0.29) is 31.5 Å². The van der Waals surface area contributed by atoms with E-state index in [9.17, 15) is 24.3 Å². The molecule has 1 aromatic heterocycles. The van der Waals surface area contributed by atoms with E-state index >= 15 is 0 Å². The number of hydrogen-bond donors (Lipinski definition) is 2. The van der Waals surface area contributed by atoms with Gasteiger partial charge in [0.2, 0.25) is 5.91 Å². The third-order valence-corrected chi connectivity index (χ3v) is 5.01. The number of hydrogen-bond acceptors (Lipinski definition) is 4. The Bertz CT molecular complexity index is 961. The number of benzene rings is 1. The number of rotatable bonds is 4. The first-order valence-corrected chi connectivity index (χ1v) is 8.62. The number of amides is 1. The maximum absolute atomic E-state index is 12.6. The molecule has 0 saturated carbocycles. The van der Waals surface area contributed by atoms with Crippen molar-refractivity contribution in [3.05, 3.63) is 45.1 Å². The molecule has 0 bridgehead atoms. The molecule has 8 nitrogen and oxygen atoms in total. The number of aliphatic carboxylic acids is 1.